The standard InChI is InChI=1S/C17H23N3O/c1-2-10-21-12-8-9-16-14(11-12)17(20-18)13-6-4-3-5-7-15(13)19-16/h8-9,11H,2-7,10,18H2,1H3,(H,19,20). The van der Waals surface area contributed by atoms with Crippen molar-refractivity contribution in [1.29, 1.82) is 0 Å². The molecule has 1 heterocycles. The highest BCUT2D eigenvalue weighted by Gasteiger charge is 2.17. The van der Waals surface area contributed by atoms with Gasteiger partial charge >= 0.3 is 0 Å². The summed E-state index contributed by atoms with van der Waals surface area (Å²) in [5.41, 5.74) is 7.42. The van der Waals surface area contributed by atoms with E-state index in [9.17, 15) is 0 Å². The molecular weight excluding hydrogens is 262 g/mol. The van der Waals surface area contributed by atoms with Gasteiger partial charge in [0.05, 0.1) is 17.8 Å². The summed E-state index contributed by atoms with van der Waals surface area (Å²) in [5.74, 6) is 6.71. The summed E-state index contributed by atoms with van der Waals surface area (Å²) in [6.45, 7) is 2.84. The van der Waals surface area contributed by atoms with Gasteiger partial charge in [0.1, 0.15) is 5.75 Å². The number of fused-ring (bicyclic) bond motifs is 2. The zero-order valence-corrected chi connectivity index (χ0v) is 12.6. The van der Waals surface area contributed by atoms with Crippen LogP contribution in [0.2, 0.25) is 0 Å². The van der Waals surface area contributed by atoms with Crippen molar-refractivity contribution in [3.05, 3.63) is 29.5 Å². The van der Waals surface area contributed by atoms with E-state index in [-0.39, 0.29) is 0 Å². The Balaban J connectivity index is 2.12. The molecule has 0 amide bonds. The molecule has 2 aromatic rings. The highest BCUT2D eigenvalue weighted by molar-refractivity contribution is 5.94. The van der Waals surface area contributed by atoms with Gasteiger partial charge in [0.15, 0.2) is 0 Å². The maximum Gasteiger partial charge on any atom is 0.120 e. The monoisotopic (exact) mass is 285 g/mol. The van der Waals surface area contributed by atoms with Crippen molar-refractivity contribution in [2.75, 3.05) is 12.0 Å². The van der Waals surface area contributed by atoms with Gasteiger partial charge in [-0.05, 0) is 55.9 Å². The minimum atomic E-state index is 0.731. The van der Waals surface area contributed by atoms with Crippen LogP contribution < -0.4 is 16.0 Å². The van der Waals surface area contributed by atoms with E-state index in [1.807, 2.05) is 12.1 Å². The smallest absolute Gasteiger partial charge is 0.120 e. The van der Waals surface area contributed by atoms with Gasteiger partial charge in [0.25, 0.3) is 0 Å². The molecule has 1 aromatic heterocycles. The molecule has 1 aliphatic carbocycles. The predicted octanol–water partition coefficient (Wildman–Crippen LogP) is 3.58. The zero-order chi connectivity index (χ0) is 14.7. The minimum Gasteiger partial charge on any atom is -0.494 e. The number of anilines is 1. The predicted molar refractivity (Wildman–Crippen MR) is 86.6 cm³/mol. The molecule has 0 aliphatic heterocycles. The number of nitrogens with two attached hydrogens (primary N) is 1. The second kappa shape index (κ2) is 6.31. The number of benzene rings is 1. The van der Waals surface area contributed by atoms with Crippen molar-refractivity contribution in [2.24, 2.45) is 5.84 Å². The molecule has 0 bridgehead atoms. The number of hydrazine groups is 1. The largest absolute Gasteiger partial charge is 0.494 e. The van der Waals surface area contributed by atoms with Gasteiger partial charge in [-0.2, -0.15) is 0 Å². The number of aromatic nitrogens is 1. The Bertz CT molecular complexity index is 639. The van der Waals surface area contributed by atoms with Gasteiger partial charge in [-0.3, -0.25) is 10.8 Å². The lowest BCUT2D eigenvalue weighted by Gasteiger charge is -2.15. The summed E-state index contributed by atoms with van der Waals surface area (Å²) in [4.78, 5) is 4.85. The van der Waals surface area contributed by atoms with Crippen LogP contribution in [0.1, 0.15) is 43.9 Å². The van der Waals surface area contributed by atoms with Crippen molar-refractivity contribution >= 4 is 16.6 Å². The molecule has 4 nitrogen and oxygen atoms in total. The van der Waals surface area contributed by atoms with Gasteiger partial charge in [0, 0.05) is 11.1 Å². The van der Waals surface area contributed by atoms with E-state index < -0.39 is 0 Å². The summed E-state index contributed by atoms with van der Waals surface area (Å²) in [5, 5.41) is 1.06. The number of rotatable bonds is 4. The average Bonchev–Trinajstić information content (AvgIpc) is 2.75. The molecule has 0 radical (unpaired) electrons. The molecule has 3 N–H and O–H groups in total. The molecule has 112 valence electrons. The third kappa shape index (κ3) is 2.81. The fourth-order valence-corrected chi connectivity index (χ4v) is 3.05. The summed E-state index contributed by atoms with van der Waals surface area (Å²) in [6.07, 6.45) is 6.80. The molecule has 0 atom stereocenters. The van der Waals surface area contributed by atoms with Crippen molar-refractivity contribution in [2.45, 2.75) is 45.4 Å². The molecule has 0 spiro atoms. The second-order valence-electron chi connectivity index (χ2n) is 5.64. The van der Waals surface area contributed by atoms with Crippen LogP contribution in [-0.2, 0) is 12.8 Å². The third-order valence-corrected chi connectivity index (χ3v) is 4.10. The molecule has 1 aliphatic rings. The van der Waals surface area contributed by atoms with Crippen LogP contribution in [0.5, 0.6) is 5.75 Å². The quantitative estimate of drug-likeness (QED) is 0.512. The van der Waals surface area contributed by atoms with Crippen LogP contribution in [0, 0.1) is 0 Å². The Hall–Kier alpha value is -1.81. The molecular formula is C17H23N3O. The van der Waals surface area contributed by atoms with Crippen molar-refractivity contribution in [3.63, 3.8) is 0 Å². The second-order valence-corrected chi connectivity index (χ2v) is 5.64. The summed E-state index contributed by atoms with van der Waals surface area (Å²) < 4.78 is 5.74. The van der Waals surface area contributed by atoms with Crippen LogP contribution in [0.25, 0.3) is 10.9 Å². The summed E-state index contributed by atoms with van der Waals surface area (Å²) in [7, 11) is 0. The maximum absolute atomic E-state index is 5.82. The van der Waals surface area contributed by atoms with E-state index in [0.29, 0.717) is 0 Å². The van der Waals surface area contributed by atoms with E-state index in [4.69, 9.17) is 15.6 Å². The Labute approximate surface area is 125 Å². The van der Waals surface area contributed by atoms with Crippen LogP contribution in [-0.4, -0.2) is 11.6 Å². The molecule has 0 saturated heterocycles. The van der Waals surface area contributed by atoms with E-state index in [1.54, 1.807) is 0 Å². The van der Waals surface area contributed by atoms with Gasteiger partial charge in [-0.15, -0.1) is 0 Å². The lowest BCUT2D eigenvalue weighted by Crippen LogP contribution is -2.12. The van der Waals surface area contributed by atoms with Crippen molar-refractivity contribution < 1.29 is 4.74 Å². The van der Waals surface area contributed by atoms with Crippen LogP contribution in [0.3, 0.4) is 0 Å². The number of hydrogen-bond acceptors (Lipinski definition) is 4. The number of hydrogen-bond donors (Lipinski definition) is 2. The first kappa shape index (κ1) is 14.1. The van der Waals surface area contributed by atoms with E-state index >= 15 is 0 Å². The van der Waals surface area contributed by atoms with Gasteiger partial charge < -0.3 is 10.2 Å². The Kier molecular flexibility index (Phi) is 4.25. The normalized spacial score (nSPS) is 14.6. The average molecular weight is 285 g/mol. The Morgan fingerprint density at radius 2 is 2.10 bits per heavy atom. The lowest BCUT2D eigenvalue weighted by molar-refractivity contribution is 0.318. The fourth-order valence-electron chi connectivity index (χ4n) is 3.05. The van der Waals surface area contributed by atoms with Crippen LogP contribution >= 0.6 is 0 Å². The van der Waals surface area contributed by atoms with Gasteiger partial charge in [-0.25, -0.2) is 0 Å². The first-order chi connectivity index (χ1) is 10.3. The van der Waals surface area contributed by atoms with E-state index in [1.165, 1.54) is 30.5 Å². The number of ether oxygens (including phenoxy) is 1. The van der Waals surface area contributed by atoms with Gasteiger partial charge in [0.2, 0.25) is 0 Å². The van der Waals surface area contributed by atoms with Crippen LogP contribution in [0.15, 0.2) is 18.2 Å². The summed E-state index contributed by atoms with van der Waals surface area (Å²) >= 11 is 0. The van der Waals surface area contributed by atoms with E-state index in [0.717, 1.165) is 48.2 Å². The van der Waals surface area contributed by atoms with E-state index in [2.05, 4.69) is 18.4 Å². The number of nitrogens with one attached hydrogen (secondary N) is 1. The molecule has 3 rings (SSSR count). The first-order valence-corrected chi connectivity index (χ1v) is 7.88. The minimum absolute atomic E-state index is 0.731. The molecule has 0 saturated carbocycles. The number of nitrogens with zero attached hydrogens (tertiary/aromatic N) is 1. The summed E-state index contributed by atoms with van der Waals surface area (Å²) in [6, 6.07) is 6.08. The molecule has 1 aromatic carbocycles. The highest BCUT2D eigenvalue weighted by atomic mass is 16.5. The van der Waals surface area contributed by atoms with Crippen LogP contribution in [0.4, 0.5) is 5.69 Å². The molecule has 0 fully saturated rings. The Morgan fingerprint density at radius 1 is 1.24 bits per heavy atom. The lowest BCUT2D eigenvalue weighted by atomic mass is 10.0. The maximum atomic E-state index is 5.82. The van der Waals surface area contributed by atoms with Crippen molar-refractivity contribution in [3.8, 4) is 5.75 Å². The molecule has 0 unspecified atom stereocenters. The fraction of sp³-hybridized carbons (Fsp3) is 0.471. The first-order valence-electron chi connectivity index (χ1n) is 7.88. The number of pyridine rings is 1. The third-order valence-electron chi connectivity index (χ3n) is 4.10. The van der Waals surface area contributed by atoms with Gasteiger partial charge in [-0.1, -0.05) is 13.3 Å². The van der Waals surface area contributed by atoms with Crippen molar-refractivity contribution in [1.82, 2.24) is 4.98 Å². The number of aryl methyl sites for hydroxylation is 1. The topological polar surface area (TPSA) is 60.2 Å². The SMILES string of the molecule is CCCOc1ccc2nc3c(c(NN)c2c1)CCCCC3. The molecule has 21 heavy (non-hydrogen) atoms. The number of nitrogen functional groups attached to an aromatic ring is 1. The zero-order valence-electron chi connectivity index (χ0n) is 12.6. The molecule has 4 heteroatoms. The Morgan fingerprint density at radius 3 is 2.90 bits per heavy atom. The highest BCUT2D eigenvalue weighted by Crippen LogP contribution is 2.34.